The van der Waals surface area contributed by atoms with Crippen LogP contribution in [0.5, 0.6) is 5.75 Å². The highest BCUT2D eigenvalue weighted by Crippen LogP contribution is 2.44. The van der Waals surface area contributed by atoms with Gasteiger partial charge in [-0.2, -0.15) is 0 Å². The van der Waals surface area contributed by atoms with Crippen molar-refractivity contribution >= 4 is 16.1 Å². The maximum atomic E-state index is 12.8. The molecule has 0 aromatic heterocycles. The highest BCUT2D eigenvalue weighted by Gasteiger charge is 2.30. The number of hydrogen-bond donors (Lipinski definition) is 0. The summed E-state index contributed by atoms with van der Waals surface area (Å²) in [5, 5.41) is 0. The van der Waals surface area contributed by atoms with Gasteiger partial charge < -0.3 is 9.29 Å². The minimum Gasteiger partial charge on any atom is -0.744 e. The third kappa shape index (κ3) is 5.51. The Morgan fingerprint density at radius 2 is 1.16 bits per heavy atom. The van der Waals surface area contributed by atoms with Crippen molar-refractivity contribution < 1.29 is 22.5 Å². The zero-order chi connectivity index (χ0) is 21.8. The Morgan fingerprint density at radius 1 is 0.742 bits per heavy atom. The van der Waals surface area contributed by atoms with Gasteiger partial charge >= 0.3 is 5.97 Å². The van der Waals surface area contributed by atoms with E-state index in [-0.39, 0.29) is 28.6 Å². The zero-order valence-electron chi connectivity index (χ0n) is 18.4. The Bertz CT molecular complexity index is 834. The Kier molecular flexibility index (Phi) is 7.37. The second kappa shape index (κ2) is 10.0. The predicted octanol–water partition coefficient (Wildman–Crippen LogP) is 6.17. The molecular weight excluding hydrogens is 412 g/mol. The summed E-state index contributed by atoms with van der Waals surface area (Å²) in [7, 11) is -4.62. The molecule has 0 bridgehead atoms. The lowest BCUT2D eigenvalue weighted by Gasteiger charge is -2.31. The molecule has 172 valence electrons. The van der Waals surface area contributed by atoms with Crippen molar-refractivity contribution in [2.45, 2.75) is 113 Å². The summed E-state index contributed by atoms with van der Waals surface area (Å²) in [4.78, 5) is 12.8. The summed E-state index contributed by atoms with van der Waals surface area (Å²) in [6.07, 6.45) is 14.9. The molecular formula is C25H35O5S-. The van der Waals surface area contributed by atoms with Gasteiger partial charge in [-0.3, -0.25) is 4.79 Å². The van der Waals surface area contributed by atoms with E-state index >= 15 is 0 Å². The molecule has 3 fully saturated rings. The van der Waals surface area contributed by atoms with E-state index in [1.807, 2.05) is 0 Å². The minimum absolute atomic E-state index is 0.0104. The standard InChI is InChI=1S/C25H36O5S/c26-25(20-14-8-3-9-15-20)30-21-16-22(18-10-4-1-5-11-18)24(31(27,28)29)23(17-21)19-12-6-2-7-13-19/h16-20H,1-15H2,(H,27,28,29)/p-1. The van der Waals surface area contributed by atoms with E-state index < -0.39 is 10.1 Å². The number of esters is 1. The molecule has 0 N–H and O–H groups in total. The second-order valence-electron chi connectivity index (χ2n) is 9.81. The maximum Gasteiger partial charge on any atom is 0.314 e. The number of rotatable bonds is 5. The van der Waals surface area contributed by atoms with Crippen LogP contribution in [0, 0.1) is 5.92 Å². The average molecular weight is 448 g/mol. The molecule has 0 radical (unpaired) electrons. The normalized spacial score (nSPS) is 22.4. The van der Waals surface area contributed by atoms with Crippen LogP contribution in [0.2, 0.25) is 0 Å². The van der Waals surface area contributed by atoms with Crippen molar-refractivity contribution in [3.05, 3.63) is 23.3 Å². The van der Waals surface area contributed by atoms with Crippen LogP contribution < -0.4 is 4.74 Å². The Hall–Kier alpha value is -1.40. The van der Waals surface area contributed by atoms with Crippen molar-refractivity contribution in [1.29, 1.82) is 0 Å². The fraction of sp³-hybridized carbons (Fsp3) is 0.720. The van der Waals surface area contributed by atoms with Crippen LogP contribution in [0.4, 0.5) is 0 Å². The summed E-state index contributed by atoms with van der Waals surface area (Å²) in [5.41, 5.74) is 1.20. The summed E-state index contributed by atoms with van der Waals surface area (Å²) >= 11 is 0. The summed E-state index contributed by atoms with van der Waals surface area (Å²) in [6, 6.07) is 3.40. The molecule has 3 aliphatic carbocycles. The molecule has 5 nitrogen and oxygen atoms in total. The molecule has 3 saturated carbocycles. The number of carbonyl (C=O) groups excluding carboxylic acids is 1. The second-order valence-corrected chi connectivity index (χ2v) is 11.1. The van der Waals surface area contributed by atoms with E-state index in [0.29, 0.717) is 16.9 Å². The Morgan fingerprint density at radius 3 is 1.58 bits per heavy atom. The molecule has 0 saturated heterocycles. The third-order valence-corrected chi connectivity index (χ3v) is 8.59. The van der Waals surface area contributed by atoms with Gasteiger partial charge in [0.05, 0.1) is 10.8 Å². The summed E-state index contributed by atoms with van der Waals surface area (Å²) < 4.78 is 43.3. The number of carbonyl (C=O) groups is 1. The first-order valence-electron chi connectivity index (χ1n) is 12.3. The first-order valence-corrected chi connectivity index (χ1v) is 13.7. The molecule has 1 aromatic carbocycles. The fourth-order valence-electron chi connectivity index (χ4n) is 5.97. The monoisotopic (exact) mass is 447 g/mol. The Labute approximate surface area is 186 Å². The molecule has 0 heterocycles. The van der Waals surface area contributed by atoms with E-state index in [1.165, 1.54) is 0 Å². The number of hydrogen-bond acceptors (Lipinski definition) is 5. The molecule has 3 aliphatic rings. The molecule has 31 heavy (non-hydrogen) atoms. The molecule has 0 amide bonds. The first kappa shape index (κ1) is 22.8. The average Bonchev–Trinajstić information content (AvgIpc) is 2.79. The molecule has 0 spiro atoms. The van der Waals surface area contributed by atoms with Crippen molar-refractivity contribution in [2.75, 3.05) is 0 Å². The van der Waals surface area contributed by atoms with Gasteiger partial charge in [0, 0.05) is 0 Å². The van der Waals surface area contributed by atoms with Gasteiger partial charge in [-0.1, -0.05) is 57.8 Å². The smallest absolute Gasteiger partial charge is 0.314 e. The SMILES string of the molecule is O=C(Oc1cc(C2CCCCC2)c(S(=O)(=O)[O-])c(C2CCCCC2)c1)C1CCCCC1. The van der Waals surface area contributed by atoms with E-state index in [2.05, 4.69) is 0 Å². The zero-order valence-corrected chi connectivity index (χ0v) is 19.3. The van der Waals surface area contributed by atoms with Crippen molar-refractivity contribution in [3.8, 4) is 5.75 Å². The lowest BCUT2D eigenvalue weighted by molar-refractivity contribution is -0.140. The van der Waals surface area contributed by atoms with Crippen LogP contribution >= 0.6 is 0 Å². The van der Waals surface area contributed by atoms with Gasteiger partial charge in [-0.25, -0.2) is 8.42 Å². The van der Waals surface area contributed by atoms with Crippen LogP contribution in [0.25, 0.3) is 0 Å². The molecule has 4 rings (SSSR count). The Balaban J connectivity index is 1.75. The minimum atomic E-state index is -4.62. The number of benzene rings is 1. The van der Waals surface area contributed by atoms with Gasteiger partial charge in [-0.15, -0.1) is 0 Å². The summed E-state index contributed by atoms with van der Waals surface area (Å²) in [6.45, 7) is 0. The van der Waals surface area contributed by atoms with Crippen molar-refractivity contribution in [2.24, 2.45) is 5.92 Å². The van der Waals surface area contributed by atoms with E-state index in [1.54, 1.807) is 12.1 Å². The van der Waals surface area contributed by atoms with Crippen LogP contribution in [0.15, 0.2) is 17.0 Å². The van der Waals surface area contributed by atoms with Gasteiger partial charge in [-0.05, 0) is 73.6 Å². The number of ether oxygens (including phenoxy) is 1. The van der Waals surface area contributed by atoms with Crippen LogP contribution in [0.1, 0.15) is 119 Å². The summed E-state index contributed by atoms with van der Waals surface area (Å²) in [5.74, 6) is 0.241. The highest BCUT2D eigenvalue weighted by molar-refractivity contribution is 7.85. The van der Waals surface area contributed by atoms with Gasteiger partial charge in [0.15, 0.2) is 0 Å². The van der Waals surface area contributed by atoms with Crippen LogP contribution in [0.3, 0.4) is 0 Å². The predicted molar refractivity (Wildman–Crippen MR) is 118 cm³/mol. The lowest BCUT2D eigenvalue weighted by Crippen LogP contribution is -2.23. The van der Waals surface area contributed by atoms with E-state index in [9.17, 15) is 17.8 Å². The largest absolute Gasteiger partial charge is 0.744 e. The van der Waals surface area contributed by atoms with Gasteiger partial charge in [0.25, 0.3) is 0 Å². The molecule has 0 unspecified atom stereocenters. The molecule has 0 aliphatic heterocycles. The van der Waals surface area contributed by atoms with Gasteiger partial charge in [0.2, 0.25) is 0 Å². The highest BCUT2D eigenvalue weighted by atomic mass is 32.2. The van der Waals surface area contributed by atoms with E-state index in [0.717, 1.165) is 96.3 Å². The van der Waals surface area contributed by atoms with Crippen LogP contribution in [-0.2, 0) is 14.9 Å². The quantitative estimate of drug-likeness (QED) is 0.306. The third-order valence-electron chi connectivity index (χ3n) is 7.62. The molecule has 1 aromatic rings. The molecule has 6 heteroatoms. The van der Waals surface area contributed by atoms with Crippen molar-refractivity contribution in [1.82, 2.24) is 0 Å². The van der Waals surface area contributed by atoms with Gasteiger partial charge in [0.1, 0.15) is 15.9 Å². The topological polar surface area (TPSA) is 83.5 Å². The lowest BCUT2D eigenvalue weighted by atomic mass is 9.79. The maximum absolute atomic E-state index is 12.8. The van der Waals surface area contributed by atoms with E-state index in [4.69, 9.17) is 4.74 Å². The fourth-order valence-corrected chi connectivity index (χ4v) is 6.99. The van der Waals surface area contributed by atoms with Crippen molar-refractivity contribution in [3.63, 3.8) is 0 Å². The van der Waals surface area contributed by atoms with Crippen LogP contribution in [-0.4, -0.2) is 18.9 Å². The molecule has 0 atom stereocenters. The first-order chi connectivity index (χ1) is 14.9.